The Labute approximate surface area is 115 Å². The molecule has 0 aromatic heterocycles. The first-order chi connectivity index (χ1) is 9.13. The van der Waals surface area contributed by atoms with Gasteiger partial charge in [-0.05, 0) is 48.5 Å². The average Bonchev–Trinajstić information content (AvgIpc) is 2.41. The Morgan fingerprint density at radius 1 is 0.778 bits per heavy atom. The topological polar surface area (TPSA) is 0 Å². The summed E-state index contributed by atoms with van der Waals surface area (Å²) in [5.74, 6) is 0.0623. The van der Waals surface area contributed by atoms with E-state index in [1.165, 1.54) is 47.8 Å². The van der Waals surface area contributed by atoms with Crippen LogP contribution in [-0.4, -0.2) is 11.5 Å². The van der Waals surface area contributed by atoms with Crippen LogP contribution in [0.4, 0.5) is 8.78 Å². The fourth-order valence-corrected chi connectivity index (χ4v) is 2.86. The molecular formula is C14H12F2S2. The fraction of sp³-hybridized carbons (Fsp3) is 0.143. The lowest BCUT2D eigenvalue weighted by Crippen LogP contribution is -1.85. The van der Waals surface area contributed by atoms with Crippen molar-refractivity contribution in [3.8, 4) is 0 Å². The standard InChI is InChI=1S/C14H12F2S2/c15-11-1-5-13(6-2-11)17-9-10-18-14-7-3-12(16)4-8-14/h1-8H,9-10H2/i9D. The van der Waals surface area contributed by atoms with Crippen LogP contribution in [0.2, 0.25) is 0 Å². The first-order valence-corrected chi connectivity index (χ1v) is 7.23. The number of hydrogen-bond acceptors (Lipinski definition) is 2. The van der Waals surface area contributed by atoms with Crippen LogP contribution in [0.15, 0.2) is 58.3 Å². The van der Waals surface area contributed by atoms with Crippen molar-refractivity contribution in [3.63, 3.8) is 0 Å². The molecular weight excluding hydrogens is 270 g/mol. The van der Waals surface area contributed by atoms with Crippen LogP contribution in [0.5, 0.6) is 0 Å². The summed E-state index contributed by atoms with van der Waals surface area (Å²) in [6.07, 6.45) is 0. The molecule has 1 atom stereocenters. The number of thioether (sulfide) groups is 2. The summed E-state index contributed by atoms with van der Waals surface area (Å²) in [4.78, 5) is 1.82. The molecule has 0 fully saturated rings. The molecule has 1 unspecified atom stereocenters. The Bertz CT molecular complexity index is 514. The highest BCUT2D eigenvalue weighted by Gasteiger charge is 1.97. The van der Waals surface area contributed by atoms with Crippen LogP contribution in [0.1, 0.15) is 1.37 Å². The van der Waals surface area contributed by atoms with Gasteiger partial charge in [0, 0.05) is 22.6 Å². The van der Waals surface area contributed by atoms with Gasteiger partial charge >= 0.3 is 0 Å². The zero-order chi connectivity index (χ0) is 13.7. The van der Waals surface area contributed by atoms with Gasteiger partial charge in [-0.25, -0.2) is 8.78 Å². The summed E-state index contributed by atoms with van der Waals surface area (Å²) in [5.41, 5.74) is -0.347. The second-order valence-electron chi connectivity index (χ2n) is 3.50. The largest absolute Gasteiger partial charge is 0.207 e. The van der Waals surface area contributed by atoms with E-state index in [-0.39, 0.29) is 17.4 Å². The van der Waals surface area contributed by atoms with Gasteiger partial charge in [0.2, 0.25) is 0 Å². The van der Waals surface area contributed by atoms with Gasteiger partial charge in [-0.2, -0.15) is 0 Å². The summed E-state index contributed by atoms with van der Waals surface area (Å²) < 4.78 is 33.4. The molecule has 18 heavy (non-hydrogen) atoms. The van der Waals surface area contributed by atoms with E-state index in [9.17, 15) is 8.78 Å². The highest BCUT2D eigenvalue weighted by Crippen LogP contribution is 2.23. The van der Waals surface area contributed by atoms with Gasteiger partial charge in [0.15, 0.2) is 0 Å². The zero-order valence-electron chi connectivity index (χ0n) is 10.5. The summed E-state index contributed by atoms with van der Waals surface area (Å²) in [5, 5.41) is 0. The van der Waals surface area contributed by atoms with Crippen molar-refractivity contribution in [2.24, 2.45) is 0 Å². The minimum atomic E-state index is -0.347. The molecule has 4 heteroatoms. The van der Waals surface area contributed by atoms with E-state index in [1.54, 1.807) is 24.3 Å². The van der Waals surface area contributed by atoms with Crippen LogP contribution in [0.3, 0.4) is 0 Å². The summed E-state index contributed by atoms with van der Waals surface area (Å²) in [7, 11) is 0. The second-order valence-corrected chi connectivity index (χ2v) is 5.64. The Kier molecular flexibility index (Phi) is 4.56. The first kappa shape index (κ1) is 12.1. The van der Waals surface area contributed by atoms with E-state index in [2.05, 4.69) is 0 Å². The monoisotopic (exact) mass is 283 g/mol. The predicted molar refractivity (Wildman–Crippen MR) is 74.2 cm³/mol. The van der Waals surface area contributed by atoms with Crippen molar-refractivity contribution in [1.29, 1.82) is 0 Å². The minimum Gasteiger partial charge on any atom is -0.207 e. The Balaban J connectivity index is 1.82. The van der Waals surface area contributed by atoms with E-state index < -0.39 is 0 Å². The normalized spacial score (nSPS) is 13.1. The fourth-order valence-electron chi connectivity index (χ4n) is 1.30. The van der Waals surface area contributed by atoms with Crippen molar-refractivity contribution in [1.82, 2.24) is 0 Å². The van der Waals surface area contributed by atoms with Gasteiger partial charge < -0.3 is 0 Å². The van der Waals surface area contributed by atoms with E-state index in [0.29, 0.717) is 5.75 Å². The summed E-state index contributed by atoms with van der Waals surface area (Å²) >= 11 is 2.89. The number of rotatable bonds is 5. The molecule has 0 aliphatic carbocycles. The first-order valence-electron chi connectivity index (χ1n) is 5.94. The molecule has 2 rings (SSSR count). The van der Waals surface area contributed by atoms with Gasteiger partial charge in [0.05, 0.1) is 0 Å². The number of hydrogen-bond donors (Lipinski definition) is 0. The molecule has 0 aliphatic rings. The molecule has 0 spiro atoms. The highest BCUT2D eigenvalue weighted by molar-refractivity contribution is 8.03. The second kappa shape index (κ2) is 6.81. The van der Waals surface area contributed by atoms with Crippen molar-refractivity contribution in [2.45, 2.75) is 9.79 Å². The maximum atomic E-state index is 12.7. The maximum absolute atomic E-state index is 12.7. The molecule has 0 saturated heterocycles. The Morgan fingerprint density at radius 3 is 1.72 bits per heavy atom. The molecule has 0 saturated carbocycles. The zero-order valence-corrected chi connectivity index (χ0v) is 11.1. The molecule has 2 aromatic rings. The molecule has 0 nitrogen and oxygen atoms in total. The Hall–Kier alpha value is -1.00. The summed E-state index contributed by atoms with van der Waals surface area (Å²) in [6, 6.07) is 12.4. The van der Waals surface area contributed by atoms with Crippen LogP contribution in [0, 0.1) is 11.6 Å². The van der Waals surface area contributed by atoms with E-state index in [4.69, 9.17) is 1.37 Å². The minimum absolute atomic E-state index is 0.257. The van der Waals surface area contributed by atoms with Crippen molar-refractivity contribution >= 4 is 23.5 Å². The number of halogens is 2. The molecule has 2 aromatic carbocycles. The predicted octanol–water partition coefficient (Wildman–Crippen LogP) is 4.85. The average molecular weight is 283 g/mol. The van der Waals surface area contributed by atoms with E-state index in [1.807, 2.05) is 0 Å². The third kappa shape index (κ3) is 4.35. The third-order valence-corrected chi connectivity index (χ3v) is 4.19. The van der Waals surface area contributed by atoms with Gasteiger partial charge in [-0.15, -0.1) is 23.5 Å². The SMILES string of the molecule is [2H]C(CSc1ccc(F)cc1)Sc1ccc(F)cc1. The Morgan fingerprint density at radius 2 is 1.22 bits per heavy atom. The van der Waals surface area contributed by atoms with Crippen molar-refractivity contribution in [2.75, 3.05) is 11.5 Å². The lowest BCUT2D eigenvalue weighted by atomic mass is 10.4. The quantitative estimate of drug-likeness (QED) is 0.719. The van der Waals surface area contributed by atoms with E-state index >= 15 is 0 Å². The molecule has 0 aliphatic heterocycles. The number of benzene rings is 2. The molecule has 0 amide bonds. The summed E-state index contributed by atoms with van der Waals surface area (Å²) in [6.45, 7) is 0. The molecule has 0 N–H and O–H groups in total. The lowest BCUT2D eigenvalue weighted by Gasteiger charge is -2.02. The highest BCUT2D eigenvalue weighted by atomic mass is 32.2. The van der Waals surface area contributed by atoms with Crippen LogP contribution >= 0.6 is 23.5 Å². The third-order valence-electron chi connectivity index (χ3n) is 2.16. The van der Waals surface area contributed by atoms with Crippen molar-refractivity contribution < 1.29 is 10.2 Å². The smallest absolute Gasteiger partial charge is 0.123 e. The van der Waals surface area contributed by atoms with Crippen LogP contribution in [-0.2, 0) is 0 Å². The van der Waals surface area contributed by atoms with Crippen molar-refractivity contribution in [3.05, 3.63) is 60.2 Å². The molecule has 94 valence electrons. The maximum Gasteiger partial charge on any atom is 0.123 e. The van der Waals surface area contributed by atoms with E-state index in [0.717, 1.165) is 9.79 Å². The van der Waals surface area contributed by atoms with Crippen LogP contribution in [0.25, 0.3) is 0 Å². The molecule has 0 radical (unpaired) electrons. The molecule has 0 heterocycles. The van der Waals surface area contributed by atoms with Gasteiger partial charge in [0.1, 0.15) is 11.6 Å². The molecule has 0 bridgehead atoms. The van der Waals surface area contributed by atoms with Gasteiger partial charge in [0.25, 0.3) is 0 Å². The lowest BCUT2D eigenvalue weighted by molar-refractivity contribution is 0.626. The van der Waals surface area contributed by atoms with Crippen LogP contribution < -0.4 is 0 Å². The van der Waals surface area contributed by atoms with Gasteiger partial charge in [-0.3, -0.25) is 0 Å². The van der Waals surface area contributed by atoms with Gasteiger partial charge in [-0.1, -0.05) is 0 Å².